The summed E-state index contributed by atoms with van der Waals surface area (Å²) < 4.78 is 41.5. The minimum absolute atomic E-state index is 0.0753. The quantitative estimate of drug-likeness (QED) is 0.436. The molecule has 0 heterocycles. The Bertz CT molecular complexity index is 835. The summed E-state index contributed by atoms with van der Waals surface area (Å²) in [6.45, 7) is 6.82. The van der Waals surface area contributed by atoms with Crippen molar-refractivity contribution in [1.29, 1.82) is 0 Å². The zero-order chi connectivity index (χ0) is 20.2. The van der Waals surface area contributed by atoms with Crippen LogP contribution in [0.2, 0.25) is 5.02 Å². The van der Waals surface area contributed by atoms with Crippen molar-refractivity contribution in [2.45, 2.75) is 33.6 Å². The van der Waals surface area contributed by atoms with Gasteiger partial charge in [0.05, 0.1) is 17.0 Å². The number of hydrogen-bond acceptors (Lipinski definition) is 2. The molecule has 2 aromatic carbocycles. The molecule has 0 bridgehead atoms. The normalized spacial score (nSPS) is 11.9. The van der Waals surface area contributed by atoms with Gasteiger partial charge in [-0.05, 0) is 67.6 Å². The van der Waals surface area contributed by atoms with Crippen LogP contribution >= 0.6 is 11.6 Å². The Hall–Kier alpha value is -2.21. The van der Waals surface area contributed by atoms with Crippen LogP contribution < -0.4 is 4.74 Å². The van der Waals surface area contributed by atoms with E-state index < -0.39 is 6.36 Å². The lowest BCUT2D eigenvalue weighted by Gasteiger charge is -2.14. The molecule has 3 nitrogen and oxygen atoms in total. The van der Waals surface area contributed by atoms with E-state index in [4.69, 9.17) is 11.6 Å². The van der Waals surface area contributed by atoms with Crippen LogP contribution in [0.15, 0.2) is 35.3 Å². The van der Waals surface area contributed by atoms with E-state index in [1.54, 1.807) is 12.4 Å². The lowest BCUT2D eigenvalue weighted by atomic mass is 9.97. The van der Waals surface area contributed by atoms with Gasteiger partial charge in [0.25, 0.3) is 0 Å². The Morgan fingerprint density at radius 1 is 1.15 bits per heavy atom. The Morgan fingerprint density at radius 3 is 2.48 bits per heavy atom. The predicted octanol–water partition coefficient (Wildman–Crippen LogP) is 6.06. The number of halogens is 4. The standard InChI is InChI=1S/C20H22ClF3N2O/c1-5-26(4)12-25-18-9-13(2)16(8-14(18)3)10-15-6-7-17(21)19(11-15)27-20(22,23)24/h6-9,11-12H,5,10H2,1-4H3. The fourth-order valence-electron chi connectivity index (χ4n) is 2.51. The van der Waals surface area contributed by atoms with Gasteiger partial charge in [-0.15, -0.1) is 13.2 Å². The van der Waals surface area contributed by atoms with Crippen LogP contribution in [0.4, 0.5) is 18.9 Å². The van der Waals surface area contributed by atoms with Gasteiger partial charge in [0.2, 0.25) is 0 Å². The molecule has 0 saturated heterocycles. The van der Waals surface area contributed by atoms with Crippen LogP contribution in [-0.2, 0) is 6.42 Å². The zero-order valence-electron chi connectivity index (χ0n) is 15.7. The molecule has 0 spiro atoms. The van der Waals surface area contributed by atoms with Crippen molar-refractivity contribution in [2.24, 2.45) is 4.99 Å². The van der Waals surface area contributed by atoms with E-state index in [-0.39, 0.29) is 10.8 Å². The Balaban J connectivity index is 2.26. The summed E-state index contributed by atoms with van der Waals surface area (Å²) in [7, 11) is 1.95. The highest BCUT2D eigenvalue weighted by Crippen LogP contribution is 2.32. The van der Waals surface area contributed by atoms with Crippen LogP contribution in [-0.4, -0.2) is 31.2 Å². The first-order chi connectivity index (χ1) is 12.6. The van der Waals surface area contributed by atoms with Crippen LogP contribution in [0, 0.1) is 13.8 Å². The molecule has 0 unspecified atom stereocenters. The highest BCUT2D eigenvalue weighted by molar-refractivity contribution is 6.32. The molecular formula is C20H22ClF3N2O. The second-order valence-corrected chi connectivity index (χ2v) is 6.78. The molecule has 2 rings (SSSR count). The highest BCUT2D eigenvalue weighted by Gasteiger charge is 2.32. The average molecular weight is 399 g/mol. The molecule has 27 heavy (non-hydrogen) atoms. The third kappa shape index (κ3) is 6.17. The number of nitrogens with zero attached hydrogens (tertiary/aromatic N) is 2. The minimum atomic E-state index is -4.78. The molecule has 0 fully saturated rings. The van der Waals surface area contributed by atoms with Gasteiger partial charge in [-0.2, -0.15) is 0 Å². The summed E-state index contributed by atoms with van der Waals surface area (Å²) in [5, 5.41) is -0.0753. The summed E-state index contributed by atoms with van der Waals surface area (Å²) in [5.41, 5.74) is 4.57. The van der Waals surface area contributed by atoms with E-state index in [2.05, 4.69) is 9.73 Å². The van der Waals surface area contributed by atoms with Gasteiger partial charge < -0.3 is 9.64 Å². The summed E-state index contributed by atoms with van der Waals surface area (Å²) in [5.74, 6) is -0.389. The smallest absolute Gasteiger partial charge is 0.404 e. The molecule has 0 aliphatic rings. The van der Waals surface area contributed by atoms with E-state index in [9.17, 15) is 13.2 Å². The molecule has 0 radical (unpaired) electrons. The van der Waals surface area contributed by atoms with Crippen molar-refractivity contribution in [3.05, 3.63) is 57.6 Å². The number of benzene rings is 2. The van der Waals surface area contributed by atoms with E-state index >= 15 is 0 Å². The molecular weight excluding hydrogens is 377 g/mol. The SMILES string of the molecule is CCN(C)C=Nc1cc(C)c(Cc2ccc(Cl)c(OC(F)(F)F)c2)cc1C. The van der Waals surface area contributed by atoms with Crippen LogP contribution in [0.1, 0.15) is 29.2 Å². The maximum absolute atomic E-state index is 12.5. The topological polar surface area (TPSA) is 24.8 Å². The zero-order valence-corrected chi connectivity index (χ0v) is 16.4. The first kappa shape index (κ1) is 21.1. The summed E-state index contributed by atoms with van der Waals surface area (Å²) >= 11 is 5.81. The Kier molecular flexibility index (Phi) is 6.76. The number of alkyl halides is 3. The summed E-state index contributed by atoms with van der Waals surface area (Å²) in [6.07, 6.45) is -2.53. The van der Waals surface area contributed by atoms with Gasteiger partial charge >= 0.3 is 6.36 Å². The van der Waals surface area contributed by atoms with Crippen molar-refractivity contribution >= 4 is 23.6 Å². The van der Waals surface area contributed by atoms with Gasteiger partial charge in [-0.1, -0.05) is 23.7 Å². The number of aryl methyl sites for hydroxylation is 2. The van der Waals surface area contributed by atoms with Crippen molar-refractivity contribution in [3.63, 3.8) is 0 Å². The van der Waals surface area contributed by atoms with Gasteiger partial charge in [-0.25, -0.2) is 4.99 Å². The van der Waals surface area contributed by atoms with Gasteiger partial charge in [0.1, 0.15) is 5.75 Å². The molecule has 0 amide bonds. The first-order valence-electron chi connectivity index (χ1n) is 8.47. The lowest BCUT2D eigenvalue weighted by Crippen LogP contribution is -2.17. The van der Waals surface area contributed by atoms with E-state index in [0.717, 1.165) is 28.9 Å². The van der Waals surface area contributed by atoms with E-state index in [0.29, 0.717) is 12.0 Å². The van der Waals surface area contributed by atoms with Gasteiger partial charge in [0, 0.05) is 13.6 Å². The van der Waals surface area contributed by atoms with Crippen molar-refractivity contribution < 1.29 is 17.9 Å². The Labute approximate surface area is 162 Å². The van der Waals surface area contributed by atoms with E-state index in [1.165, 1.54) is 12.1 Å². The Morgan fingerprint density at radius 2 is 1.85 bits per heavy atom. The van der Waals surface area contributed by atoms with Crippen molar-refractivity contribution in [2.75, 3.05) is 13.6 Å². The molecule has 0 atom stereocenters. The molecule has 0 N–H and O–H groups in total. The molecule has 7 heteroatoms. The molecule has 0 aliphatic heterocycles. The van der Waals surface area contributed by atoms with Gasteiger partial charge in [0.15, 0.2) is 0 Å². The number of rotatable bonds is 6. The van der Waals surface area contributed by atoms with Gasteiger partial charge in [-0.3, -0.25) is 0 Å². The molecule has 146 valence electrons. The van der Waals surface area contributed by atoms with Crippen LogP contribution in [0.25, 0.3) is 0 Å². The first-order valence-corrected chi connectivity index (χ1v) is 8.85. The highest BCUT2D eigenvalue weighted by atomic mass is 35.5. The second-order valence-electron chi connectivity index (χ2n) is 6.37. The fraction of sp³-hybridized carbons (Fsp3) is 0.350. The minimum Gasteiger partial charge on any atom is -0.404 e. The van der Waals surface area contributed by atoms with Crippen LogP contribution in [0.5, 0.6) is 5.75 Å². The molecule has 2 aromatic rings. The summed E-state index contributed by atoms with van der Waals surface area (Å²) in [6, 6.07) is 8.43. The third-order valence-corrected chi connectivity index (χ3v) is 4.48. The fourth-order valence-corrected chi connectivity index (χ4v) is 2.67. The average Bonchev–Trinajstić information content (AvgIpc) is 2.58. The third-order valence-electron chi connectivity index (χ3n) is 4.16. The van der Waals surface area contributed by atoms with Crippen molar-refractivity contribution in [1.82, 2.24) is 4.90 Å². The summed E-state index contributed by atoms with van der Waals surface area (Å²) in [4.78, 5) is 6.46. The number of ether oxygens (including phenoxy) is 1. The van der Waals surface area contributed by atoms with Crippen molar-refractivity contribution in [3.8, 4) is 5.75 Å². The molecule has 0 aliphatic carbocycles. The molecule has 0 saturated carbocycles. The van der Waals surface area contributed by atoms with Crippen LogP contribution in [0.3, 0.4) is 0 Å². The second kappa shape index (κ2) is 8.65. The maximum atomic E-state index is 12.5. The largest absolute Gasteiger partial charge is 0.573 e. The lowest BCUT2D eigenvalue weighted by molar-refractivity contribution is -0.274. The predicted molar refractivity (Wildman–Crippen MR) is 103 cm³/mol. The van der Waals surface area contributed by atoms with E-state index in [1.807, 2.05) is 44.9 Å². The number of hydrogen-bond donors (Lipinski definition) is 0. The monoisotopic (exact) mass is 398 g/mol. The molecule has 0 aromatic heterocycles. The number of aliphatic imine (C=N–C) groups is 1. The maximum Gasteiger partial charge on any atom is 0.573 e.